The van der Waals surface area contributed by atoms with Crippen LogP contribution in [0.2, 0.25) is 0 Å². The molecular formula is C18H19NO4S. The zero-order valence-corrected chi connectivity index (χ0v) is 14.5. The number of carboxylic acids is 1. The fourth-order valence-corrected chi connectivity index (χ4v) is 3.38. The normalized spacial score (nSPS) is 11.0. The van der Waals surface area contributed by atoms with Gasteiger partial charge in [-0.05, 0) is 49.7 Å². The Labute approximate surface area is 141 Å². The highest BCUT2D eigenvalue weighted by Crippen LogP contribution is 2.30. The van der Waals surface area contributed by atoms with E-state index < -0.39 is 16.0 Å². The topological polar surface area (TPSA) is 74.7 Å². The molecule has 0 unspecified atom stereocenters. The molecule has 1 N–H and O–H groups in total. The lowest BCUT2D eigenvalue weighted by atomic mass is 10.1. The highest BCUT2D eigenvalue weighted by molar-refractivity contribution is 7.92. The van der Waals surface area contributed by atoms with Crippen LogP contribution in [0.1, 0.15) is 29.8 Å². The molecule has 5 nitrogen and oxygen atoms in total. The maximum atomic E-state index is 12.3. The largest absolute Gasteiger partial charge is 0.478 e. The molecule has 0 saturated carbocycles. The van der Waals surface area contributed by atoms with Crippen LogP contribution in [0, 0.1) is 0 Å². The number of benzene rings is 2. The first-order valence-corrected chi connectivity index (χ1v) is 9.12. The van der Waals surface area contributed by atoms with E-state index in [9.17, 15) is 18.3 Å². The van der Waals surface area contributed by atoms with Crippen LogP contribution in [0.3, 0.4) is 0 Å². The summed E-state index contributed by atoms with van der Waals surface area (Å²) in [6.07, 6.45) is 2.90. The number of rotatable bonds is 5. The molecule has 6 heteroatoms. The number of para-hydroxylation sites is 1. The minimum absolute atomic E-state index is 0.0320. The van der Waals surface area contributed by atoms with Crippen molar-refractivity contribution >= 4 is 33.4 Å². The second kappa shape index (κ2) is 6.88. The van der Waals surface area contributed by atoms with Crippen LogP contribution in [0.4, 0.5) is 11.4 Å². The fourth-order valence-electron chi connectivity index (χ4n) is 2.39. The molecule has 0 bridgehead atoms. The Hall–Kier alpha value is -2.60. The molecule has 126 valence electrons. The average Bonchev–Trinajstić information content (AvgIpc) is 2.46. The first-order valence-electron chi connectivity index (χ1n) is 7.27. The van der Waals surface area contributed by atoms with Crippen molar-refractivity contribution in [1.29, 1.82) is 0 Å². The Morgan fingerprint density at radius 2 is 1.67 bits per heavy atom. The van der Waals surface area contributed by atoms with E-state index in [1.165, 1.54) is 12.1 Å². The van der Waals surface area contributed by atoms with Gasteiger partial charge in [0.15, 0.2) is 0 Å². The highest BCUT2D eigenvalue weighted by atomic mass is 32.2. The number of aromatic carboxylic acids is 1. The summed E-state index contributed by atoms with van der Waals surface area (Å²) in [5.41, 5.74) is 2.38. The van der Waals surface area contributed by atoms with E-state index in [-0.39, 0.29) is 11.3 Å². The molecule has 2 rings (SSSR count). The van der Waals surface area contributed by atoms with Crippen LogP contribution in [0.5, 0.6) is 0 Å². The van der Waals surface area contributed by atoms with E-state index in [1.807, 2.05) is 13.8 Å². The van der Waals surface area contributed by atoms with E-state index in [0.717, 1.165) is 16.1 Å². The van der Waals surface area contributed by atoms with Gasteiger partial charge in [-0.3, -0.25) is 0 Å². The standard InChI is InChI=1S/C18H19NO4S/c1-13(2)9-14-10-15(18(20)21)12-17(11-14)19(24(3,22)23)16-7-5-4-6-8-16/h4-12H,1-3H3,(H,20,21). The van der Waals surface area contributed by atoms with E-state index in [2.05, 4.69) is 0 Å². The Bertz CT molecular complexity index is 882. The minimum Gasteiger partial charge on any atom is -0.478 e. The summed E-state index contributed by atoms with van der Waals surface area (Å²) in [5, 5.41) is 9.33. The van der Waals surface area contributed by atoms with Gasteiger partial charge < -0.3 is 5.11 Å². The summed E-state index contributed by atoms with van der Waals surface area (Å²) < 4.78 is 25.8. The van der Waals surface area contributed by atoms with Crippen LogP contribution < -0.4 is 4.31 Å². The average molecular weight is 345 g/mol. The van der Waals surface area contributed by atoms with Gasteiger partial charge >= 0.3 is 5.97 Å². The number of carbonyl (C=O) groups is 1. The predicted molar refractivity (Wildman–Crippen MR) is 96.2 cm³/mol. The van der Waals surface area contributed by atoms with Crippen LogP contribution in [-0.2, 0) is 10.0 Å². The third-order valence-electron chi connectivity index (χ3n) is 3.20. The molecule has 0 saturated heterocycles. The number of sulfonamides is 1. The van der Waals surface area contributed by atoms with Gasteiger partial charge in [0.1, 0.15) is 0 Å². The number of allylic oxidation sites excluding steroid dienone is 1. The van der Waals surface area contributed by atoms with Gasteiger partial charge in [-0.25, -0.2) is 17.5 Å². The van der Waals surface area contributed by atoms with Gasteiger partial charge in [0.05, 0.1) is 23.2 Å². The molecule has 0 amide bonds. The smallest absolute Gasteiger partial charge is 0.335 e. The molecule has 0 atom stereocenters. The Balaban J connectivity index is 2.72. The van der Waals surface area contributed by atoms with E-state index in [0.29, 0.717) is 11.3 Å². The minimum atomic E-state index is -3.64. The number of anilines is 2. The summed E-state index contributed by atoms with van der Waals surface area (Å²) >= 11 is 0. The van der Waals surface area contributed by atoms with Gasteiger partial charge in [0.2, 0.25) is 10.0 Å². The predicted octanol–water partition coefficient (Wildman–Crippen LogP) is 3.91. The van der Waals surface area contributed by atoms with E-state index in [1.54, 1.807) is 42.5 Å². The quantitative estimate of drug-likeness (QED) is 0.891. The molecule has 0 radical (unpaired) electrons. The van der Waals surface area contributed by atoms with Crippen LogP contribution in [0.15, 0.2) is 54.1 Å². The third-order valence-corrected chi connectivity index (χ3v) is 4.28. The summed E-state index contributed by atoms with van der Waals surface area (Å²) in [6.45, 7) is 3.78. The Morgan fingerprint density at radius 1 is 1.04 bits per heavy atom. The fraction of sp³-hybridized carbons (Fsp3) is 0.167. The van der Waals surface area contributed by atoms with Gasteiger partial charge in [-0.2, -0.15) is 0 Å². The lowest BCUT2D eigenvalue weighted by molar-refractivity contribution is 0.0697. The SMILES string of the molecule is CC(C)=Cc1cc(C(=O)O)cc(N(c2ccccc2)S(C)(=O)=O)c1. The number of hydrogen-bond acceptors (Lipinski definition) is 3. The summed E-state index contributed by atoms with van der Waals surface area (Å²) in [7, 11) is -3.64. The maximum Gasteiger partial charge on any atom is 0.335 e. The molecule has 0 aliphatic carbocycles. The van der Waals surface area contributed by atoms with E-state index in [4.69, 9.17) is 0 Å². The molecule has 0 heterocycles. The van der Waals surface area contributed by atoms with Crippen molar-refractivity contribution in [2.45, 2.75) is 13.8 Å². The molecular weight excluding hydrogens is 326 g/mol. The monoisotopic (exact) mass is 345 g/mol. The Kier molecular flexibility index (Phi) is 5.09. The molecule has 2 aromatic carbocycles. The van der Waals surface area contributed by atoms with Crippen molar-refractivity contribution in [2.24, 2.45) is 0 Å². The number of hydrogen-bond donors (Lipinski definition) is 1. The van der Waals surface area contributed by atoms with Crippen LogP contribution in [-0.4, -0.2) is 25.7 Å². The highest BCUT2D eigenvalue weighted by Gasteiger charge is 2.21. The number of nitrogens with zero attached hydrogens (tertiary/aromatic N) is 1. The van der Waals surface area contributed by atoms with Gasteiger partial charge in [-0.15, -0.1) is 0 Å². The van der Waals surface area contributed by atoms with Crippen molar-refractivity contribution in [3.05, 3.63) is 65.2 Å². The first kappa shape index (κ1) is 17.7. The lowest BCUT2D eigenvalue weighted by Gasteiger charge is -2.23. The first-order chi connectivity index (χ1) is 11.2. The van der Waals surface area contributed by atoms with Gasteiger partial charge in [-0.1, -0.05) is 29.8 Å². The molecule has 0 aliphatic rings. The van der Waals surface area contributed by atoms with Crippen molar-refractivity contribution in [2.75, 3.05) is 10.6 Å². The van der Waals surface area contributed by atoms with Gasteiger partial charge in [0.25, 0.3) is 0 Å². The molecule has 0 spiro atoms. The molecule has 2 aromatic rings. The Morgan fingerprint density at radius 3 is 2.17 bits per heavy atom. The van der Waals surface area contributed by atoms with Crippen molar-refractivity contribution < 1.29 is 18.3 Å². The van der Waals surface area contributed by atoms with E-state index >= 15 is 0 Å². The third kappa shape index (κ3) is 4.23. The molecule has 24 heavy (non-hydrogen) atoms. The maximum absolute atomic E-state index is 12.3. The van der Waals surface area contributed by atoms with Crippen molar-refractivity contribution in [3.63, 3.8) is 0 Å². The molecule has 0 aromatic heterocycles. The van der Waals surface area contributed by atoms with Crippen molar-refractivity contribution in [3.8, 4) is 0 Å². The zero-order chi connectivity index (χ0) is 17.9. The van der Waals surface area contributed by atoms with Gasteiger partial charge in [0, 0.05) is 0 Å². The summed E-state index contributed by atoms with van der Waals surface area (Å²) in [4.78, 5) is 11.4. The lowest BCUT2D eigenvalue weighted by Crippen LogP contribution is -2.25. The zero-order valence-electron chi connectivity index (χ0n) is 13.7. The van der Waals surface area contributed by atoms with Crippen LogP contribution >= 0.6 is 0 Å². The molecule has 0 fully saturated rings. The summed E-state index contributed by atoms with van der Waals surface area (Å²) in [5.74, 6) is -1.11. The molecule has 0 aliphatic heterocycles. The van der Waals surface area contributed by atoms with Crippen LogP contribution in [0.25, 0.3) is 6.08 Å². The van der Waals surface area contributed by atoms with Crippen molar-refractivity contribution in [1.82, 2.24) is 0 Å². The number of carboxylic acid groups (broad SMARTS) is 1. The summed E-state index contributed by atoms with van der Waals surface area (Å²) in [6, 6.07) is 13.1. The second-order valence-electron chi connectivity index (χ2n) is 5.70. The second-order valence-corrected chi connectivity index (χ2v) is 7.53.